The summed E-state index contributed by atoms with van der Waals surface area (Å²) < 4.78 is 1.75. The second-order valence-electron chi connectivity index (χ2n) is 3.47. The Bertz CT molecular complexity index is 268. The van der Waals surface area contributed by atoms with Gasteiger partial charge in [0.15, 0.2) is 0 Å². The molecule has 1 amide bonds. The summed E-state index contributed by atoms with van der Waals surface area (Å²) in [6, 6.07) is 0. The number of aromatic nitrogens is 3. The van der Waals surface area contributed by atoms with E-state index in [1.807, 2.05) is 20.0 Å². The minimum atomic E-state index is 0.0568. The van der Waals surface area contributed by atoms with E-state index in [0.29, 0.717) is 6.54 Å². The summed E-state index contributed by atoms with van der Waals surface area (Å²) in [6.07, 6.45) is 4.33. The van der Waals surface area contributed by atoms with Crippen molar-refractivity contribution in [3.8, 4) is 0 Å². The minimum Gasteiger partial charge on any atom is -0.356 e. The maximum atomic E-state index is 11.2. The highest BCUT2D eigenvalue weighted by Gasteiger charge is 2.04. The molecule has 0 aliphatic carbocycles. The zero-order chi connectivity index (χ0) is 10.4. The van der Waals surface area contributed by atoms with Gasteiger partial charge in [-0.2, -0.15) is 0 Å². The van der Waals surface area contributed by atoms with Crippen molar-refractivity contribution in [1.82, 2.24) is 20.3 Å². The van der Waals surface area contributed by atoms with Gasteiger partial charge in [-0.15, -0.1) is 5.10 Å². The molecular weight excluding hydrogens is 180 g/mol. The molecule has 0 bridgehead atoms. The van der Waals surface area contributed by atoms with E-state index in [1.54, 1.807) is 10.9 Å². The van der Waals surface area contributed by atoms with Crippen molar-refractivity contribution in [1.29, 1.82) is 0 Å². The summed E-state index contributed by atoms with van der Waals surface area (Å²) in [5, 5.41) is 10.4. The predicted molar refractivity (Wildman–Crippen MR) is 52.5 cm³/mol. The van der Waals surface area contributed by atoms with E-state index in [-0.39, 0.29) is 11.8 Å². The Kier molecular flexibility index (Phi) is 4.10. The molecule has 0 aromatic carbocycles. The quantitative estimate of drug-likeness (QED) is 0.695. The molecule has 1 N–H and O–H groups in total. The van der Waals surface area contributed by atoms with Crippen molar-refractivity contribution >= 4 is 5.91 Å². The molecule has 0 fully saturated rings. The molecule has 1 rings (SSSR count). The second-order valence-corrected chi connectivity index (χ2v) is 3.47. The van der Waals surface area contributed by atoms with E-state index in [4.69, 9.17) is 0 Å². The number of hydrogen-bond acceptors (Lipinski definition) is 3. The van der Waals surface area contributed by atoms with E-state index >= 15 is 0 Å². The molecule has 5 nitrogen and oxygen atoms in total. The molecule has 14 heavy (non-hydrogen) atoms. The largest absolute Gasteiger partial charge is 0.356 e. The van der Waals surface area contributed by atoms with Crippen molar-refractivity contribution in [2.45, 2.75) is 26.8 Å². The first-order valence-electron chi connectivity index (χ1n) is 4.82. The minimum absolute atomic E-state index is 0.0568. The average molecular weight is 196 g/mol. The lowest BCUT2D eigenvalue weighted by atomic mass is 10.2. The predicted octanol–water partition coefficient (Wildman–Crippen LogP) is 0.440. The summed E-state index contributed by atoms with van der Waals surface area (Å²) in [5.41, 5.74) is 0. The topological polar surface area (TPSA) is 59.8 Å². The van der Waals surface area contributed by atoms with Crippen LogP contribution in [0.2, 0.25) is 0 Å². The standard InChI is InChI=1S/C9H16N4O/c1-8(2)9(14)10-4-3-6-13-7-5-11-12-13/h5,7-8H,3-4,6H2,1-2H3,(H,10,14). The molecule has 78 valence electrons. The first kappa shape index (κ1) is 10.7. The van der Waals surface area contributed by atoms with Crippen LogP contribution in [0.5, 0.6) is 0 Å². The Morgan fingerprint density at radius 2 is 2.36 bits per heavy atom. The van der Waals surface area contributed by atoms with E-state index < -0.39 is 0 Å². The number of carbonyl (C=O) groups is 1. The Morgan fingerprint density at radius 1 is 1.57 bits per heavy atom. The van der Waals surface area contributed by atoms with Crippen LogP contribution in [0.15, 0.2) is 12.4 Å². The van der Waals surface area contributed by atoms with Crippen LogP contribution in [-0.2, 0) is 11.3 Å². The zero-order valence-corrected chi connectivity index (χ0v) is 8.60. The summed E-state index contributed by atoms with van der Waals surface area (Å²) in [4.78, 5) is 11.2. The Labute approximate surface area is 83.5 Å². The summed E-state index contributed by atoms with van der Waals surface area (Å²) in [6.45, 7) is 5.24. The summed E-state index contributed by atoms with van der Waals surface area (Å²) in [5.74, 6) is 0.157. The highest BCUT2D eigenvalue weighted by Crippen LogP contribution is 1.91. The number of rotatable bonds is 5. The van der Waals surface area contributed by atoms with Crippen molar-refractivity contribution in [2.24, 2.45) is 5.92 Å². The third-order valence-electron chi connectivity index (χ3n) is 1.86. The fraction of sp³-hybridized carbons (Fsp3) is 0.667. The third-order valence-corrected chi connectivity index (χ3v) is 1.86. The van der Waals surface area contributed by atoms with Gasteiger partial charge < -0.3 is 5.32 Å². The molecule has 0 saturated carbocycles. The van der Waals surface area contributed by atoms with Gasteiger partial charge in [0.1, 0.15) is 0 Å². The van der Waals surface area contributed by atoms with Crippen LogP contribution in [0, 0.1) is 5.92 Å². The molecule has 0 aliphatic heterocycles. The van der Waals surface area contributed by atoms with Gasteiger partial charge >= 0.3 is 0 Å². The van der Waals surface area contributed by atoms with Crippen LogP contribution < -0.4 is 5.32 Å². The molecule has 0 radical (unpaired) electrons. The SMILES string of the molecule is CC(C)C(=O)NCCCn1ccnn1. The van der Waals surface area contributed by atoms with Crippen LogP contribution in [0.3, 0.4) is 0 Å². The lowest BCUT2D eigenvalue weighted by Gasteiger charge is -2.06. The van der Waals surface area contributed by atoms with E-state index in [1.165, 1.54) is 0 Å². The molecule has 0 unspecified atom stereocenters. The van der Waals surface area contributed by atoms with Gasteiger partial charge in [0.25, 0.3) is 0 Å². The fourth-order valence-electron chi connectivity index (χ4n) is 1.01. The van der Waals surface area contributed by atoms with Crippen LogP contribution in [-0.4, -0.2) is 27.4 Å². The van der Waals surface area contributed by atoms with Crippen molar-refractivity contribution in [2.75, 3.05) is 6.54 Å². The fourth-order valence-corrected chi connectivity index (χ4v) is 1.01. The Balaban J connectivity index is 2.08. The monoisotopic (exact) mass is 196 g/mol. The van der Waals surface area contributed by atoms with Gasteiger partial charge in [0.05, 0.1) is 6.20 Å². The lowest BCUT2D eigenvalue weighted by molar-refractivity contribution is -0.123. The molecule has 0 atom stereocenters. The van der Waals surface area contributed by atoms with Crippen LogP contribution in [0.25, 0.3) is 0 Å². The molecule has 5 heteroatoms. The number of aryl methyl sites for hydroxylation is 1. The van der Waals surface area contributed by atoms with Crippen molar-refractivity contribution in [3.63, 3.8) is 0 Å². The number of carbonyl (C=O) groups excluding carboxylic acids is 1. The Hall–Kier alpha value is -1.39. The van der Waals surface area contributed by atoms with E-state index in [2.05, 4.69) is 15.6 Å². The number of amides is 1. The third kappa shape index (κ3) is 3.55. The second kappa shape index (κ2) is 5.36. The number of nitrogens with zero attached hydrogens (tertiary/aromatic N) is 3. The first-order valence-corrected chi connectivity index (χ1v) is 4.82. The summed E-state index contributed by atoms with van der Waals surface area (Å²) >= 11 is 0. The molecule has 1 aromatic heterocycles. The highest BCUT2D eigenvalue weighted by molar-refractivity contribution is 5.77. The van der Waals surface area contributed by atoms with Crippen LogP contribution in [0.4, 0.5) is 0 Å². The van der Waals surface area contributed by atoms with Gasteiger partial charge in [-0.05, 0) is 6.42 Å². The van der Waals surface area contributed by atoms with E-state index in [0.717, 1.165) is 13.0 Å². The Morgan fingerprint density at radius 3 is 2.93 bits per heavy atom. The zero-order valence-electron chi connectivity index (χ0n) is 8.60. The van der Waals surface area contributed by atoms with Crippen molar-refractivity contribution in [3.05, 3.63) is 12.4 Å². The maximum Gasteiger partial charge on any atom is 0.222 e. The van der Waals surface area contributed by atoms with Gasteiger partial charge in [-0.3, -0.25) is 9.48 Å². The van der Waals surface area contributed by atoms with Crippen LogP contribution >= 0.6 is 0 Å². The highest BCUT2D eigenvalue weighted by atomic mass is 16.1. The van der Waals surface area contributed by atoms with Gasteiger partial charge in [-0.25, -0.2) is 0 Å². The molecule has 0 spiro atoms. The molecular formula is C9H16N4O. The maximum absolute atomic E-state index is 11.2. The molecule has 1 aromatic rings. The van der Waals surface area contributed by atoms with Crippen molar-refractivity contribution < 1.29 is 4.79 Å². The molecule has 0 saturated heterocycles. The molecule has 1 heterocycles. The smallest absolute Gasteiger partial charge is 0.222 e. The van der Waals surface area contributed by atoms with E-state index in [9.17, 15) is 4.79 Å². The van der Waals surface area contributed by atoms with Crippen LogP contribution in [0.1, 0.15) is 20.3 Å². The lowest BCUT2D eigenvalue weighted by Crippen LogP contribution is -2.29. The molecule has 0 aliphatic rings. The van der Waals surface area contributed by atoms with Gasteiger partial charge in [-0.1, -0.05) is 19.1 Å². The average Bonchev–Trinajstić information content (AvgIpc) is 2.64. The number of hydrogen-bond donors (Lipinski definition) is 1. The van der Waals surface area contributed by atoms with Gasteiger partial charge in [0.2, 0.25) is 5.91 Å². The normalized spacial score (nSPS) is 10.5. The number of nitrogens with one attached hydrogen (secondary N) is 1. The van der Waals surface area contributed by atoms with Gasteiger partial charge in [0, 0.05) is 25.2 Å². The first-order chi connectivity index (χ1) is 6.70. The summed E-state index contributed by atoms with van der Waals surface area (Å²) in [7, 11) is 0.